The van der Waals surface area contributed by atoms with Gasteiger partial charge in [0.05, 0.1) is 43.7 Å². The van der Waals surface area contributed by atoms with Gasteiger partial charge < -0.3 is 23.6 Å². The molecule has 2 aliphatic heterocycles. The molecule has 10 nitrogen and oxygen atoms in total. The van der Waals surface area contributed by atoms with Gasteiger partial charge >= 0.3 is 0 Å². The van der Waals surface area contributed by atoms with Crippen LogP contribution >= 0.6 is 11.6 Å². The molecule has 1 N–H and O–H groups in total. The van der Waals surface area contributed by atoms with Gasteiger partial charge in [-0.1, -0.05) is 66.2 Å². The summed E-state index contributed by atoms with van der Waals surface area (Å²) in [5.74, 6) is -0.879. The van der Waals surface area contributed by atoms with Crippen LogP contribution in [0.4, 0.5) is 9.80 Å². The number of pyridine rings is 1. The van der Waals surface area contributed by atoms with E-state index in [0.717, 1.165) is 11.1 Å². The van der Waals surface area contributed by atoms with Crippen LogP contribution in [0, 0.1) is 5.92 Å². The monoisotopic (exact) mass is 741 g/mol. The molecule has 0 aliphatic carbocycles. The van der Waals surface area contributed by atoms with Gasteiger partial charge in [-0.3, -0.25) is 18.8 Å². The minimum Gasteiger partial charge on any atom is -0.491 e. The second-order valence-electron chi connectivity index (χ2n) is 14.1. The third-order valence-corrected chi connectivity index (χ3v) is 13.2. The molecule has 1 unspecified atom stereocenters. The van der Waals surface area contributed by atoms with E-state index in [1.807, 2.05) is 67.6 Å². The predicted molar refractivity (Wildman–Crippen MR) is 199 cm³/mol. The van der Waals surface area contributed by atoms with Gasteiger partial charge in [0.2, 0.25) is 8.41 Å². The van der Waals surface area contributed by atoms with E-state index in [9.17, 15) is 14.7 Å². The molecule has 1 saturated heterocycles. The SMILES string of the molecule is COc1cccn(-c2cccc(CN3C(=O)[C@]4(O[C@H](CCn5cc(C(CO)c6ccccc6)nn5)[C@@H]([Si](C)(C)F)[C@@H]4C)c4cc(Cl)ccc43)c2)c1=O. The van der Waals surface area contributed by atoms with E-state index in [1.165, 1.54) is 11.7 Å². The van der Waals surface area contributed by atoms with Gasteiger partial charge in [0.25, 0.3) is 11.5 Å². The van der Waals surface area contributed by atoms with Gasteiger partial charge in [0.1, 0.15) is 0 Å². The van der Waals surface area contributed by atoms with Crippen LogP contribution in [0.15, 0.2) is 102 Å². The normalized spacial score (nSPS) is 21.9. The first-order chi connectivity index (χ1) is 25.0. The van der Waals surface area contributed by atoms with Gasteiger partial charge in [0.15, 0.2) is 11.4 Å². The lowest BCUT2D eigenvalue weighted by Crippen LogP contribution is -2.45. The van der Waals surface area contributed by atoms with E-state index >= 15 is 4.11 Å². The summed E-state index contributed by atoms with van der Waals surface area (Å²) >= 11 is 6.57. The maximum atomic E-state index is 16.4. The molecule has 52 heavy (non-hydrogen) atoms. The summed E-state index contributed by atoms with van der Waals surface area (Å²) in [4.78, 5) is 29.6. The number of fused-ring (bicyclic) bond motifs is 2. The lowest BCUT2D eigenvalue weighted by molar-refractivity contribution is -0.146. The minimum absolute atomic E-state index is 0.122. The van der Waals surface area contributed by atoms with Crippen LogP contribution in [0.5, 0.6) is 5.75 Å². The molecule has 2 aliphatic rings. The van der Waals surface area contributed by atoms with Gasteiger partial charge in [-0.25, -0.2) is 0 Å². The highest BCUT2D eigenvalue weighted by Crippen LogP contribution is 2.60. The van der Waals surface area contributed by atoms with Gasteiger partial charge in [0, 0.05) is 46.7 Å². The molecule has 13 heteroatoms. The Morgan fingerprint density at radius 2 is 1.85 bits per heavy atom. The van der Waals surface area contributed by atoms with Gasteiger partial charge in [-0.05, 0) is 73.1 Å². The van der Waals surface area contributed by atoms with Gasteiger partial charge in [-0.15, -0.1) is 5.10 Å². The molecule has 3 aromatic carbocycles. The molecule has 2 aromatic heterocycles. The number of anilines is 1. The van der Waals surface area contributed by atoms with E-state index in [2.05, 4.69) is 10.3 Å². The number of aromatic nitrogens is 4. The fourth-order valence-electron chi connectivity index (χ4n) is 8.16. The van der Waals surface area contributed by atoms with E-state index in [4.69, 9.17) is 21.1 Å². The van der Waals surface area contributed by atoms with Gasteiger partial charge in [-0.2, -0.15) is 0 Å². The van der Waals surface area contributed by atoms with E-state index in [-0.39, 0.29) is 36.3 Å². The van der Waals surface area contributed by atoms with E-state index < -0.39 is 31.6 Å². The summed E-state index contributed by atoms with van der Waals surface area (Å²) < 4.78 is 31.8. The molecule has 5 atom stereocenters. The number of carbonyl (C=O) groups is 1. The number of nitrogens with zero attached hydrogens (tertiary/aromatic N) is 5. The first kappa shape index (κ1) is 35.8. The second-order valence-corrected chi connectivity index (χ2v) is 18.3. The van der Waals surface area contributed by atoms with Crippen LogP contribution < -0.4 is 15.2 Å². The van der Waals surface area contributed by atoms with Crippen LogP contribution in [0.3, 0.4) is 0 Å². The first-order valence-electron chi connectivity index (χ1n) is 17.4. The van der Waals surface area contributed by atoms with Crippen molar-refractivity contribution in [3.63, 3.8) is 0 Å². The number of carbonyl (C=O) groups excluding carboxylic acids is 1. The lowest BCUT2D eigenvalue weighted by Gasteiger charge is -2.31. The van der Waals surface area contributed by atoms with Crippen molar-refractivity contribution in [2.24, 2.45) is 5.92 Å². The number of hydrogen-bond acceptors (Lipinski definition) is 7. The smallest absolute Gasteiger partial charge is 0.297 e. The number of aryl methyl sites for hydroxylation is 1. The highest BCUT2D eigenvalue weighted by molar-refractivity contribution is 6.72. The summed E-state index contributed by atoms with van der Waals surface area (Å²) in [7, 11) is -1.96. The van der Waals surface area contributed by atoms with Crippen molar-refractivity contribution in [2.75, 3.05) is 18.6 Å². The maximum absolute atomic E-state index is 16.4. The zero-order chi connectivity index (χ0) is 36.8. The molecule has 1 spiro atoms. The van der Waals surface area contributed by atoms with Crippen LogP contribution in [0.2, 0.25) is 23.7 Å². The number of methoxy groups -OCH3 is 1. The number of amides is 1. The molecule has 0 radical (unpaired) electrons. The van der Waals surface area contributed by atoms with Crippen molar-refractivity contribution in [3.05, 3.63) is 135 Å². The Hall–Kier alpha value is -4.62. The molecular formula is C39H41ClFN5O5Si. The molecule has 0 bridgehead atoms. The van der Waals surface area contributed by atoms with Crippen LogP contribution in [0.1, 0.15) is 41.6 Å². The molecule has 270 valence electrons. The van der Waals surface area contributed by atoms with E-state index in [0.29, 0.717) is 40.6 Å². The quantitative estimate of drug-likeness (QED) is 0.120. The largest absolute Gasteiger partial charge is 0.491 e. The Labute approximate surface area is 307 Å². The van der Waals surface area contributed by atoms with Crippen molar-refractivity contribution in [1.29, 1.82) is 0 Å². The Balaban J connectivity index is 1.19. The number of aliphatic hydroxyl groups is 1. The van der Waals surface area contributed by atoms with Crippen molar-refractivity contribution in [3.8, 4) is 11.4 Å². The van der Waals surface area contributed by atoms with Crippen molar-refractivity contribution in [2.45, 2.75) is 62.7 Å². The standard InChI is InChI=1S/C39H41ClFN5O5Si/c1-25-36(52(3,4)41)34(17-19-44-23-32(42-43-44)30(24-47)27-11-6-5-7-12-27)51-39(25)31-21-28(40)15-16-33(31)46(38(39)49)22-26-10-8-13-29(20-26)45-18-9-14-35(50-2)37(45)48/h5-16,18,20-21,23,25,30,34,36,47H,17,19,22,24H2,1-4H3/t25-,30?,34+,36-,39+/m0/s1. The number of benzene rings is 3. The summed E-state index contributed by atoms with van der Waals surface area (Å²) in [5.41, 5.74) is 2.00. The highest BCUT2D eigenvalue weighted by atomic mass is 35.5. The zero-order valence-electron chi connectivity index (χ0n) is 29.4. The Morgan fingerprint density at radius 1 is 1.06 bits per heavy atom. The molecule has 4 heterocycles. The highest BCUT2D eigenvalue weighted by Gasteiger charge is 2.66. The lowest BCUT2D eigenvalue weighted by atomic mass is 9.82. The average Bonchev–Trinajstić information content (AvgIpc) is 3.78. The Morgan fingerprint density at radius 3 is 2.58 bits per heavy atom. The van der Waals surface area contributed by atoms with Crippen LogP contribution in [-0.2, 0) is 28.2 Å². The fraction of sp³-hybridized carbons (Fsp3) is 0.333. The molecule has 1 amide bonds. The van der Waals surface area contributed by atoms with Crippen molar-refractivity contribution in [1.82, 2.24) is 19.6 Å². The fourth-order valence-corrected chi connectivity index (χ4v) is 10.9. The number of rotatable bonds is 11. The van der Waals surface area contributed by atoms with E-state index in [1.54, 1.807) is 59.3 Å². The summed E-state index contributed by atoms with van der Waals surface area (Å²) in [6.45, 7) is 5.71. The predicted octanol–water partition coefficient (Wildman–Crippen LogP) is 6.63. The molecule has 1 fully saturated rings. The molecule has 7 rings (SSSR count). The summed E-state index contributed by atoms with van der Waals surface area (Å²) in [5, 5.41) is 19.3. The number of hydrogen-bond donors (Lipinski definition) is 1. The zero-order valence-corrected chi connectivity index (χ0v) is 31.2. The summed E-state index contributed by atoms with van der Waals surface area (Å²) in [6.07, 6.45) is 3.29. The molecule has 0 saturated carbocycles. The van der Waals surface area contributed by atoms with Crippen molar-refractivity contribution < 1.29 is 23.5 Å². The number of halogens is 2. The number of ether oxygens (including phenoxy) is 2. The first-order valence-corrected chi connectivity index (χ1v) is 20.7. The third kappa shape index (κ3) is 6.27. The molecule has 5 aromatic rings. The minimum atomic E-state index is -3.41. The Kier molecular flexibility index (Phi) is 9.68. The molecular weight excluding hydrogens is 701 g/mol. The Bertz CT molecular complexity index is 2160. The number of aliphatic hydroxyl groups excluding tert-OH is 1. The van der Waals surface area contributed by atoms with Crippen LogP contribution in [0.25, 0.3) is 5.69 Å². The van der Waals surface area contributed by atoms with Crippen LogP contribution in [-0.4, -0.2) is 58.8 Å². The van der Waals surface area contributed by atoms with Crippen molar-refractivity contribution >= 4 is 31.6 Å². The second kappa shape index (κ2) is 14.1. The summed E-state index contributed by atoms with van der Waals surface area (Å²) in [6, 6.07) is 25.7. The topological polar surface area (TPSA) is 112 Å². The average molecular weight is 742 g/mol. The third-order valence-electron chi connectivity index (χ3n) is 10.5. The maximum Gasteiger partial charge on any atom is 0.297 e.